The summed E-state index contributed by atoms with van der Waals surface area (Å²) in [5.41, 5.74) is -1.35. The van der Waals surface area contributed by atoms with Crippen LogP contribution in [0.15, 0.2) is 54.1 Å². The monoisotopic (exact) mass is 880 g/mol. The number of hydrogen-bond donors (Lipinski definition) is 2. The highest BCUT2D eigenvalue weighted by molar-refractivity contribution is 6.26. The maximum absolute atomic E-state index is 13.6. The van der Waals surface area contributed by atoms with Gasteiger partial charge in [-0.15, -0.1) is 11.6 Å². The molecule has 2 N–H and O–H groups in total. The van der Waals surface area contributed by atoms with Crippen molar-refractivity contribution in [1.29, 1.82) is 0 Å². The normalized spacial score (nSPS) is 30.8. The van der Waals surface area contributed by atoms with E-state index in [0.29, 0.717) is 6.42 Å². The highest BCUT2D eigenvalue weighted by Crippen LogP contribution is 2.47. The van der Waals surface area contributed by atoms with Gasteiger partial charge in [-0.2, -0.15) is 0 Å². The molecule has 1 aromatic rings. The van der Waals surface area contributed by atoms with E-state index in [0.717, 1.165) is 11.6 Å². The number of rotatable bonds is 11. The molecule has 4 bridgehead atoms. The van der Waals surface area contributed by atoms with Crippen LogP contribution in [0.1, 0.15) is 92.1 Å². The number of aliphatic hydroxyl groups excluding tert-OH is 1. The second-order valence-electron chi connectivity index (χ2n) is 16.8. The predicted molar refractivity (Wildman–Crippen MR) is 217 cm³/mol. The summed E-state index contributed by atoms with van der Waals surface area (Å²) in [6.07, 6.45) is -4.81. The molecule has 0 spiro atoms. The number of cyclic esters (lactones) is 2. The van der Waals surface area contributed by atoms with E-state index in [4.69, 9.17) is 54.2 Å². The number of methoxy groups -OCH3 is 1. The standard InChI is InChI=1S/C44H61ClO16/c1-8-35(47)60-41-29(19-36(48)53-7)18-32-22-33(27(2)55-25-28-12-10-9-11-13-28)58-37(49)20-30(46)21-38(50)59-34(42(3,4)26-56-39(51)24-45)23-31-15-17-54-40(57-31)14-16-43(5,6)44(41,52)61-32/h9-14,16,19,27,30-34,40-41,46,52H,8,15,17-18,20-26H2,1-7H3/b16-14+,29-19+/t27?,30-,31-,32-,33+,34-,40-,41-,44+/m0/s1. The third-order valence-corrected chi connectivity index (χ3v) is 11.2. The first-order valence-electron chi connectivity index (χ1n) is 20.6. The molecule has 17 heteroatoms. The minimum Gasteiger partial charge on any atom is -0.466 e. The third-order valence-electron chi connectivity index (χ3n) is 11.0. The summed E-state index contributed by atoms with van der Waals surface area (Å²) in [7, 11) is 1.19. The van der Waals surface area contributed by atoms with Gasteiger partial charge in [0.05, 0.1) is 64.2 Å². The number of halogens is 1. The smallest absolute Gasteiger partial charge is 0.330 e. The number of aliphatic hydroxyl groups is 2. The van der Waals surface area contributed by atoms with Crippen molar-refractivity contribution in [1.82, 2.24) is 0 Å². The molecule has 0 amide bonds. The second kappa shape index (κ2) is 22.5. The van der Waals surface area contributed by atoms with Gasteiger partial charge in [0.1, 0.15) is 18.1 Å². The van der Waals surface area contributed by atoms with E-state index in [-0.39, 0.29) is 57.0 Å². The van der Waals surface area contributed by atoms with Crippen LogP contribution in [0.3, 0.4) is 0 Å². The van der Waals surface area contributed by atoms with Crippen LogP contribution in [0, 0.1) is 10.8 Å². The average Bonchev–Trinajstić information content (AvgIpc) is 3.21. The highest BCUT2D eigenvalue weighted by atomic mass is 35.5. The molecule has 2 fully saturated rings. The molecule has 2 saturated heterocycles. The van der Waals surface area contributed by atoms with Crippen LogP contribution in [0.25, 0.3) is 0 Å². The van der Waals surface area contributed by atoms with E-state index in [1.165, 1.54) is 7.11 Å². The Balaban J connectivity index is 1.79. The number of carbonyl (C=O) groups excluding carboxylic acids is 5. The third kappa shape index (κ3) is 14.3. The van der Waals surface area contributed by atoms with Crippen LogP contribution in [-0.2, 0) is 73.2 Å². The highest BCUT2D eigenvalue weighted by Gasteiger charge is 2.58. The van der Waals surface area contributed by atoms with E-state index in [1.54, 1.807) is 53.7 Å². The van der Waals surface area contributed by atoms with Gasteiger partial charge in [0.2, 0.25) is 5.79 Å². The molecule has 1 aromatic carbocycles. The molecule has 0 radical (unpaired) electrons. The van der Waals surface area contributed by atoms with Gasteiger partial charge in [0.25, 0.3) is 0 Å². The zero-order valence-corrected chi connectivity index (χ0v) is 36.8. The first-order chi connectivity index (χ1) is 28.8. The summed E-state index contributed by atoms with van der Waals surface area (Å²) in [6.45, 7) is 10.3. The molecule has 61 heavy (non-hydrogen) atoms. The van der Waals surface area contributed by atoms with E-state index < -0.39 is 108 Å². The number of benzene rings is 1. The van der Waals surface area contributed by atoms with Gasteiger partial charge in [-0.05, 0) is 37.0 Å². The molecule has 9 atom stereocenters. The molecule has 0 aliphatic carbocycles. The van der Waals surface area contributed by atoms with Crippen LogP contribution >= 0.6 is 11.6 Å². The van der Waals surface area contributed by atoms with Crippen molar-refractivity contribution in [3.8, 4) is 0 Å². The number of fused-ring (bicyclic) bond motifs is 4. The van der Waals surface area contributed by atoms with Gasteiger partial charge >= 0.3 is 29.8 Å². The maximum atomic E-state index is 13.6. The predicted octanol–water partition coefficient (Wildman–Crippen LogP) is 4.77. The van der Waals surface area contributed by atoms with Gasteiger partial charge in [-0.3, -0.25) is 19.2 Å². The van der Waals surface area contributed by atoms with Gasteiger partial charge in [-0.1, -0.05) is 71.0 Å². The number of hydrogen-bond acceptors (Lipinski definition) is 16. The van der Waals surface area contributed by atoms with Crippen molar-refractivity contribution < 1.29 is 76.8 Å². The van der Waals surface area contributed by atoms with Crippen molar-refractivity contribution in [3.05, 3.63) is 59.7 Å². The van der Waals surface area contributed by atoms with Gasteiger partial charge in [0.15, 0.2) is 12.4 Å². The Morgan fingerprint density at radius 1 is 1.02 bits per heavy atom. The zero-order valence-electron chi connectivity index (χ0n) is 36.0. The Hall–Kier alpha value is -3.90. The summed E-state index contributed by atoms with van der Waals surface area (Å²) < 4.78 is 52.9. The zero-order chi connectivity index (χ0) is 45.0. The van der Waals surface area contributed by atoms with Gasteiger partial charge < -0.3 is 52.8 Å². The average molecular weight is 881 g/mol. The molecular weight excluding hydrogens is 820 g/mol. The van der Waals surface area contributed by atoms with Crippen molar-refractivity contribution in [3.63, 3.8) is 0 Å². The fourth-order valence-electron chi connectivity index (χ4n) is 7.19. The first-order valence-corrected chi connectivity index (χ1v) is 21.1. The van der Waals surface area contributed by atoms with Crippen LogP contribution in [0.5, 0.6) is 0 Å². The van der Waals surface area contributed by atoms with E-state index in [2.05, 4.69) is 0 Å². The van der Waals surface area contributed by atoms with E-state index >= 15 is 0 Å². The Morgan fingerprint density at radius 3 is 2.36 bits per heavy atom. The lowest BCUT2D eigenvalue weighted by molar-refractivity contribution is -0.327. The molecule has 3 aliphatic rings. The van der Waals surface area contributed by atoms with Crippen LogP contribution in [0.4, 0.5) is 0 Å². The summed E-state index contributed by atoms with van der Waals surface area (Å²) in [6, 6.07) is 9.30. The lowest BCUT2D eigenvalue weighted by Crippen LogP contribution is -2.62. The Labute approximate surface area is 362 Å². The molecule has 0 saturated carbocycles. The molecule has 16 nitrogen and oxygen atoms in total. The van der Waals surface area contributed by atoms with E-state index in [9.17, 15) is 34.2 Å². The number of alkyl halides is 1. The van der Waals surface area contributed by atoms with Gasteiger partial charge in [-0.25, -0.2) is 4.79 Å². The van der Waals surface area contributed by atoms with E-state index in [1.807, 2.05) is 30.3 Å². The summed E-state index contributed by atoms with van der Waals surface area (Å²) >= 11 is 5.66. The van der Waals surface area contributed by atoms with Crippen molar-refractivity contribution in [2.24, 2.45) is 10.8 Å². The molecule has 3 heterocycles. The SMILES string of the molecule is CCC(=O)O[C@H]1/C(=C/C(=O)OC)C[C@H]2C[C@H](C(C)OCc3ccccc3)OC(=O)C[C@H](O)CC(=O)O[C@H](C(C)(C)COC(=O)CCl)C[C@@H]3CCO[C@H](/C=C/C(C)(C)[C@]1(O)O2)O3. The van der Waals surface area contributed by atoms with Gasteiger partial charge in [0, 0.05) is 36.2 Å². The minimum absolute atomic E-state index is 0.0503. The van der Waals surface area contributed by atoms with Crippen molar-refractivity contribution in [2.75, 3.05) is 26.2 Å². The number of esters is 5. The molecular formula is C44H61ClO16. The van der Waals surface area contributed by atoms with Crippen LogP contribution in [-0.4, -0.2) is 121 Å². The molecule has 1 unspecified atom stereocenters. The molecule has 340 valence electrons. The second-order valence-corrected chi connectivity index (χ2v) is 17.1. The maximum Gasteiger partial charge on any atom is 0.330 e. The summed E-state index contributed by atoms with van der Waals surface area (Å²) in [5, 5.41) is 23.8. The molecule has 4 rings (SSSR count). The molecule has 0 aromatic heterocycles. The minimum atomic E-state index is -2.35. The largest absolute Gasteiger partial charge is 0.466 e. The molecule has 3 aliphatic heterocycles. The lowest BCUT2D eigenvalue weighted by atomic mass is 9.74. The lowest BCUT2D eigenvalue weighted by Gasteiger charge is -2.51. The fraction of sp³-hybridized carbons (Fsp3) is 0.659. The Morgan fingerprint density at radius 2 is 1.70 bits per heavy atom. The quantitative estimate of drug-likeness (QED) is 0.101. The fourth-order valence-corrected chi connectivity index (χ4v) is 7.27. The van der Waals surface area contributed by atoms with Crippen molar-refractivity contribution in [2.45, 2.75) is 148 Å². The number of carbonyl (C=O) groups is 5. The van der Waals surface area contributed by atoms with Crippen LogP contribution < -0.4 is 0 Å². The number of ether oxygens (including phenoxy) is 9. The van der Waals surface area contributed by atoms with Crippen molar-refractivity contribution >= 4 is 41.4 Å². The topological polar surface area (TPSA) is 209 Å². The first kappa shape index (κ1) is 49.8. The Bertz CT molecular complexity index is 1710. The summed E-state index contributed by atoms with van der Waals surface area (Å²) in [4.78, 5) is 64.7. The summed E-state index contributed by atoms with van der Waals surface area (Å²) in [5.74, 6) is -6.51. The van der Waals surface area contributed by atoms with Crippen LogP contribution in [0.2, 0.25) is 0 Å². The Kier molecular flexibility index (Phi) is 18.3.